The van der Waals surface area contributed by atoms with E-state index in [9.17, 15) is 17.6 Å². The fourth-order valence-electron chi connectivity index (χ4n) is 1.89. The molecule has 0 heterocycles. The minimum Gasteiger partial charge on any atom is -0.397 e. The Bertz CT molecular complexity index is 606. The standard InChI is InChI=1S/C15H14F4N2/c16-12-4-1-10(2-5-12)7-8-21-14-6-3-11(9-13(14)20)15(17,18)19/h1-6,9,21H,7-8,20H2. The van der Waals surface area contributed by atoms with Gasteiger partial charge in [0.2, 0.25) is 0 Å². The molecule has 2 nitrogen and oxygen atoms in total. The number of halogens is 4. The Labute approximate surface area is 119 Å². The first-order valence-electron chi connectivity index (χ1n) is 6.31. The largest absolute Gasteiger partial charge is 0.416 e. The molecule has 0 atom stereocenters. The van der Waals surface area contributed by atoms with E-state index in [1.807, 2.05) is 0 Å². The van der Waals surface area contributed by atoms with Gasteiger partial charge in [0, 0.05) is 6.54 Å². The smallest absolute Gasteiger partial charge is 0.397 e. The van der Waals surface area contributed by atoms with E-state index >= 15 is 0 Å². The van der Waals surface area contributed by atoms with E-state index in [0.717, 1.165) is 17.7 Å². The summed E-state index contributed by atoms with van der Waals surface area (Å²) in [4.78, 5) is 0. The van der Waals surface area contributed by atoms with Gasteiger partial charge in [0.05, 0.1) is 16.9 Å². The second-order valence-electron chi connectivity index (χ2n) is 4.60. The van der Waals surface area contributed by atoms with Gasteiger partial charge in [-0.3, -0.25) is 0 Å². The fraction of sp³-hybridized carbons (Fsp3) is 0.200. The number of hydrogen-bond acceptors (Lipinski definition) is 2. The van der Waals surface area contributed by atoms with E-state index < -0.39 is 11.7 Å². The van der Waals surface area contributed by atoms with Gasteiger partial charge in [0.15, 0.2) is 0 Å². The number of nitrogen functional groups attached to an aromatic ring is 1. The molecule has 0 bridgehead atoms. The van der Waals surface area contributed by atoms with Crippen LogP contribution in [-0.4, -0.2) is 6.54 Å². The lowest BCUT2D eigenvalue weighted by Crippen LogP contribution is -2.09. The molecule has 0 aromatic heterocycles. The third-order valence-corrected chi connectivity index (χ3v) is 3.02. The number of hydrogen-bond donors (Lipinski definition) is 2. The van der Waals surface area contributed by atoms with Gasteiger partial charge in [-0.15, -0.1) is 0 Å². The average Bonchev–Trinajstić information content (AvgIpc) is 2.41. The highest BCUT2D eigenvalue weighted by atomic mass is 19.4. The Balaban J connectivity index is 1.96. The van der Waals surface area contributed by atoms with E-state index in [1.165, 1.54) is 18.2 Å². The predicted octanol–water partition coefficient (Wildman–Crippen LogP) is 4.08. The molecule has 3 N–H and O–H groups in total. The van der Waals surface area contributed by atoms with Crippen molar-refractivity contribution in [3.05, 3.63) is 59.4 Å². The number of nitrogens with one attached hydrogen (secondary N) is 1. The normalized spacial score (nSPS) is 11.4. The summed E-state index contributed by atoms with van der Waals surface area (Å²) in [6.07, 6.45) is -3.79. The number of rotatable bonds is 4. The maximum Gasteiger partial charge on any atom is 0.416 e. The van der Waals surface area contributed by atoms with Crippen LogP contribution in [0.3, 0.4) is 0 Å². The zero-order valence-corrected chi connectivity index (χ0v) is 11.0. The zero-order chi connectivity index (χ0) is 15.5. The summed E-state index contributed by atoms with van der Waals surface area (Å²) in [5.41, 5.74) is 6.25. The Morgan fingerprint density at radius 2 is 1.67 bits per heavy atom. The van der Waals surface area contributed by atoms with Crippen LogP contribution in [-0.2, 0) is 12.6 Å². The molecule has 2 aromatic rings. The molecule has 0 aliphatic carbocycles. The van der Waals surface area contributed by atoms with Gasteiger partial charge in [-0.2, -0.15) is 13.2 Å². The van der Waals surface area contributed by atoms with Crippen molar-refractivity contribution in [3.8, 4) is 0 Å². The lowest BCUT2D eigenvalue weighted by atomic mass is 10.1. The van der Waals surface area contributed by atoms with Crippen LogP contribution in [0.25, 0.3) is 0 Å². The Hall–Kier alpha value is -2.24. The van der Waals surface area contributed by atoms with Gasteiger partial charge in [-0.05, 0) is 42.3 Å². The summed E-state index contributed by atoms with van der Waals surface area (Å²) in [7, 11) is 0. The third kappa shape index (κ3) is 4.11. The van der Waals surface area contributed by atoms with Crippen molar-refractivity contribution in [1.29, 1.82) is 0 Å². The van der Waals surface area contributed by atoms with E-state index in [-0.39, 0.29) is 11.5 Å². The van der Waals surface area contributed by atoms with E-state index in [0.29, 0.717) is 18.7 Å². The van der Waals surface area contributed by atoms with E-state index in [4.69, 9.17) is 5.73 Å². The van der Waals surface area contributed by atoms with Gasteiger partial charge in [-0.25, -0.2) is 4.39 Å². The van der Waals surface area contributed by atoms with Crippen molar-refractivity contribution in [2.45, 2.75) is 12.6 Å². The topological polar surface area (TPSA) is 38.0 Å². The molecule has 0 aliphatic rings. The number of alkyl halides is 3. The summed E-state index contributed by atoms with van der Waals surface area (Å²) in [5, 5.41) is 2.97. The SMILES string of the molecule is Nc1cc(C(F)(F)F)ccc1NCCc1ccc(F)cc1. The van der Waals surface area contributed by atoms with Gasteiger partial charge in [-0.1, -0.05) is 12.1 Å². The molecule has 0 spiro atoms. The molecule has 0 amide bonds. The molecular formula is C15H14F4N2. The summed E-state index contributed by atoms with van der Waals surface area (Å²) < 4.78 is 50.2. The fourth-order valence-corrected chi connectivity index (χ4v) is 1.89. The van der Waals surface area contributed by atoms with Gasteiger partial charge in [0.25, 0.3) is 0 Å². The van der Waals surface area contributed by atoms with Crippen molar-refractivity contribution in [1.82, 2.24) is 0 Å². The summed E-state index contributed by atoms with van der Waals surface area (Å²) in [5.74, 6) is -0.307. The van der Waals surface area contributed by atoms with E-state index in [2.05, 4.69) is 5.32 Å². The lowest BCUT2D eigenvalue weighted by Gasteiger charge is -2.12. The molecule has 0 saturated carbocycles. The van der Waals surface area contributed by atoms with Crippen LogP contribution in [0.15, 0.2) is 42.5 Å². The Morgan fingerprint density at radius 3 is 2.24 bits per heavy atom. The van der Waals surface area contributed by atoms with Crippen LogP contribution in [0, 0.1) is 5.82 Å². The first-order chi connectivity index (χ1) is 9.86. The molecule has 0 radical (unpaired) electrons. The first-order valence-corrected chi connectivity index (χ1v) is 6.31. The molecule has 0 aliphatic heterocycles. The highest BCUT2D eigenvalue weighted by molar-refractivity contribution is 5.67. The molecule has 2 aromatic carbocycles. The predicted molar refractivity (Wildman–Crippen MR) is 74.5 cm³/mol. The molecule has 6 heteroatoms. The average molecular weight is 298 g/mol. The van der Waals surface area contributed by atoms with Crippen molar-refractivity contribution < 1.29 is 17.6 Å². The van der Waals surface area contributed by atoms with Crippen molar-refractivity contribution in [2.24, 2.45) is 0 Å². The van der Waals surface area contributed by atoms with Gasteiger partial charge < -0.3 is 11.1 Å². The number of anilines is 2. The monoisotopic (exact) mass is 298 g/mol. The summed E-state index contributed by atoms with van der Waals surface area (Å²) in [6, 6.07) is 9.24. The van der Waals surface area contributed by atoms with Gasteiger partial charge >= 0.3 is 6.18 Å². The minimum atomic E-state index is -4.40. The summed E-state index contributed by atoms with van der Waals surface area (Å²) in [6.45, 7) is 0.487. The van der Waals surface area contributed by atoms with Crippen LogP contribution in [0.5, 0.6) is 0 Å². The second kappa shape index (κ2) is 6.03. The van der Waals surface area contributed by atoms with Crippen molar-refractivity contribution >= 4 is 11.4 Å². The molecule has 112 valence electrons. The minimum absolute atomic E-state index is 0.0453. The highest BCUT2D eigenvalue weighted by Gasteiger charge is 2.30. The van der Waals surface area contributed by atoms with Crippen LogP contribution in [0.2, 0.25) is 0 Å². The van der Waals surface area contributed by atoms with Crippen LogP contribution >= 0.6 is 0 Å². The number of nitrogens with two attached hydrogens (primary N) is 1. The lowest BCUT2D eigenvalue weighted by molar-refractivity contribution is -0.137. The maximum atomic E-state index is 12.7. The molecule has 21 heavy (non-hydrogen) atoms. The highest BCUT2D eigenvalue weighted by Crippen LogP contribution is 2.32. The summed E-state index contributed by atoms with van der Waals surface area (Å²) >= 11 is 0. The molecular weight excluding hydrogens is 284 g/mol. The van der Waals surface area contributed by atoms with Crippen LogP contribution in [0.1, 0.15) is 11.1 Å². The van der Waals surface area contributed by atoms with Crippen LogP contribution in [0.4, 0.5) is 28.9 Å². The molecule has 0 unspecified atom stereocenters. The Morgan fingerprint density at radius 1 is 1.00 bits per heavy atom. The number of benzene rings is 2. The first kappa shape index (κ1) is 15.2. The molecule has 2 rings (SSSR count). The van der Waals surface area contributed by atoms with E-state index in [1.54, 1.807) is 12.1 Å². The molecule has 0 saturated heterocycles. The molecule has 0 fully saturated rings. The van der Waals surface area contributed by atoms with Crippen molar-refractivity contribution in [3.63, 3.8) is 0 Å². The maximum absolute atomic E-state index is 12.7. The Kier molecular flexibility index (Phi) is 4.35. The van der Waals surface area contributed by atoms with Gasteiger partial charge in [0.1, 0.15) is 5.82 Å². The quantitative estimate of drug-likeness (QED) is 0.659. The van der Waals surface area contributed by atoms with Crippen LogP contribution < -0.4 is 11.1 Å². The second-order valence-corrected chi connectivity index (χ2v) is 4.60. The third-order valence-electron chi connectivity index (χ3n) is 3.02. The van der Waals surface area contributed by atoms with Crippen molar-refractivity contribution in [2.75, 3.05) is 17.6 Å². The zero-order valence-electron chi connectivity index (χ0n) is 11.0.